The fourth-order valence-corrected chi connectivity index (χ4v) is 3.50. The van der Waals surface area contributed by atoms with Crippen molar-refractivity contribution in [2.45, 2.75) is 38.1 Å². The van der Waals surface area contributed by atoms with Crippen LogP contribution in [0.4, 0.5) is 0 Å². The molecule has 5 heteroatoms. The Bertz CT molecular complexity index is 621. The number of rotatable bonds is 3. The largest absolute Gasteiger partial charge is 0.496 e. The van der Waals surface area contributed by atoms with Crippen LogP contribution in [0.2, 0.25) is 0 Å². The number of nitrogens with zero attached hydrogens (tertiary/aromatic N) is 1. The van der Waals surface area contributed by atoms with Gasteiger partial charge in [-0.25, -0.2) is 0 Å². The van der Waals surface area contributed by atoms with Crippen molar-refractivity contribution in [1.29, 1.82) is 0 Å². The van der Waals surface area contributed by atoms with Gasteiger partial charge in [0.1, 0.15) is 11.4 Å². The van der Waals surface area contributed by atoms with E-state index in [-0.39, 0.29) is 11.9 Å². The third-order valence-electron chi connectivity index (χ3n) is 4.29. The van der Waals surface area contributed by atoms with E-state index in [0.717, 1.165) is 24.2 Å². The lowest BCUT2D eigenvalue weighted by molar-refractivity contribution is -0.124. The highest BCUT2D eigenvalue weighted by Gasteiger charge is 2.36. The monoisotopic (exact) mass is 316 g/mol. The summed E-state index contributed by atoms with van der Waals surface area (Å²) in [4.78, 5) is 14.4. The number of amides is 1. The van der Waals surface area contributed by atoms with Crippen molar-refractivity contribution < 1.29 is 9.53 Å². The Hall–Kier alpha value is -1.88. The predicted octanol–water partition coefficient (Wildman–Crippen LogP) is 3.09. The number of para-hydroxylation sites is 1. The quantitative estimate of drug-likeness (QED) is 0.687. The lowest BCUT2D eigenvalue weighted by Gasteiger charge is -2.29. The summed E-state index contributed by atoms with van der Waals surface area (Å²) in [5.41, 5.74) is 1.40. The average molecular weight is 316 g/mol. The number of thiocarbonyl (C=S) groups is 1. The molecule has 3 rings (SSSR count). The Morgan fingerprint density at radius 2 is 2.00 bits per heavy atom. The van der Waals surface area contributed by atoms with Crippen LogP contribution in [0.5, 0.6) is 5.75 Å². The summed E-state index contributed by atoms with van der Waals surface area (Å²) in [5, 5.41) is 3.59. The summed E-state index contributed by atoms with van der Waals surface area (Å²) in [7, 11) is 1.63. The second-order valence-corrected chi connectivity index (χ2v) is 6.08. The molecule has 1 saturated carbocycles. The first-order chi connectivity index (χ1) is 10.7. The van der Waals surface area contributed by atoms with E-state index in [1.165, 1.54) is 19.3 Å². The molecule has 2 fully saturated rings. The maximum atomic E-state index is 12.7. The molecule has 1 aromatic carbocycles. The van der Waals surface area contributed by atoms with Gasteiger partial charge in [0.15, 0.2) is 5.11 Å². The fraction of sp³-hybridized carbons (Fsp3) is 0.412. The van der Waals surface area contributed by atoms with Crippen LogP contribution in [0.3, 0.4) is 0 Å². The minimum atomic E-state index is -0.0252. The molecule has 1 N–H and O–H groups in total. The fourth-order valence-electron chi connectivity index (χ4n) is 3.16. The van der Waals surface area contributed by atoms with E-state index < -0.39 is 0 Å². The normalized spacial score (nSPS) is 21.3. The van der Waals surface area contributed by atoms with E-state index in [2.05, 4.69) is 5.32 Å². The Morgan fingerprint density at radius 3 is 2.73 bits per heavy atom. The molecule has 0 spiro atoms. The minimum absolute atomic E-state index is 0.0252. The molecule has 4 nitrogen and oxygen atoms in total. The molecule has 116 valence electrons. The Morgan fingerprint density at radius 1 is 1.27 bits per heavy atom. The lowest BCUT2D eigenvalue weighted by Crippen LogP contribution is -2.41. The molecule has 2 aliphatic rings. The van der Waals surface area contributed by atoms with Crippen LogP contribution in [-0.4, -0.2) is 29.1 Å². The zero-order chi connectivity index (χ0) is 15.5. The molecule has 0 aromatic heterocycles. The van der Waals surface area contributed by atoms with Gasteiger partial charge in [0.05, 0.1) is 7.11 Å². The summed E-state index contributed by atoms with van der Waals surface area (Å²) in [6, 6.07) is 7.87. The van der Waals surface area contributed by atoms with E-state index in [1.54, 1.807) is 12.0 Å². The maximum absolute atomic E-state index is 12.7. The number of ether oxygens (including phenoxy) is 1. The van der Waals surface area contributed by atoms with E-state index in [1.807, 2.05) is 30.3 Å². The van der Waals surface area contributed by atoms with Crippen LogP contribution in [0.15, 0.2) is 30.0 Å². The molecule has 0 radical (unpaired) electrons. The molecule has 1 amide bonds. The first kappa shape index (κ1) is 15.0. The van der Waals surface area contributed by atoms with Gasteiger partial charge < -0.3 is 10.1 Å². The number of hydrogen-bond donors (Lipinski definition) is 1. The number of nitrogens with one attached hydrogen (secondary N) is 1. The lowest BCUT2D eigenvalue weighted by atomic mass is 9.94. The van der Waals surface area contributed by atoms with Gasteiger partial charge in [0, 0.05) is 11.6 Å². The molecular weight excluding hydrogens is 296 g/mol. The van der Waals surface area contributed by atoms with E-state index in [9.17, 15) is 4.79 Å². The van der Waals surface area contributed by atoms with Crippen LogP contribution < -0.4 is 10.1 Å². The zero-order valence-corrected chi connectivity index (χ0v) is 13.5. The molecule has 1 aliphatic heterocycles. The van der Waals surface area contributed by atoms with Gasteiger partial charge in [-0.1, -0.05) is 37.5 Å². The summed E-state index contributed by atoms with van der Waals surface area (Å²) >= 11 is 5.37. The van der Waals surface area contributed by atoms with E-state index >= 15 is 0 Å². The zero-order valence-electron chi connectivity index (χ0n) is 12.7. The number of hydrogen-bond acceptors (Lipinski definition) is 3. The second-order valence-electron chi connectivity index (χ2n) is 5.70. The Balaban J connectivity index is 1.85. The molecule has 1 saturated heterocycles. The molecule has 1 aromatic rings. The second kappa shape index (κ2) is 6.48. The third-order valence-corrected chi connectivity index (χ3v) is 4.59. The summed E-state index contributed by atoms with van der Waals surface area (Å²) in [6.07, 6.45) is 7.48. The molecule has 22 heavy (non-hydrogen) atoms. The standard InChI is InChI=1S/C17H20N2O2S/c1-21-15-10-6-5-7-12(15)11-14-16(20)19(17(22)18-14)13-8-3-2-4-9-13/h5-7,10-11,13H,2-4,8-9H2,1H3,(H,18,22)/b14-11+. The molecular formula is C17H20N2O2S. The van der Waals surface area contributed by atoms with Gasteiger partial charge in [0.2, 0.25) is 0 Å². The smallest absolute Gasteiger partial charge is 0.276 e. The molecule has 0 unspecified atom stereocenters. The Labute approximate surface area is 136 Å². The van der Waals surface area contributed by atoms with Crippen molar-refractivity contribution in [3.8, 4) is 5.75 Å². The number of methoxy groups -OCH3 is 1. The van der Waals surface area contributed by atoms with Crippen molar-refractivity contribution in [3.05, 3.63) is 35.5 Å². The SMILES string of the molecule is COc1ccccc1/C=C1/NC(=S)N(C2CCCCC2)C1=O. The van der Waals surface area contributed by atoms with Crippen molar-refractivity contribution >= 4 is 29.3 Å². The molecule has 0 bridgehead atoms. The molecule has 0 atom stereocenters. The molecule has 1 aliphatic carbocycles. The number of benzene rings is 1. The van der Waals surface area contributed by atoms with Crippen LogP contribution in [0.1, 0.15) is 37.7 Å². The summed E-state index contributed by atoms with van der Waals surface area (Å²) in [6.45, 7) is 0. The van der Waals surface area contributed by atoms with Crippen molar-refractivity contribution in [2.75, 3.05) is 7.11 Å². The maximum Gasteiger partial charge on any atom is 0.276 e. The first-order valence-electron chi connectivity index (χ1n) is 7.70. The Kier molecular flexibility index (Phi) is 4.43. The minimum Gasteiger partial charge on any atom is -0.496 e. The number of carbonyl (C=O) groups excluding carboxylic acids is 1. The van der Waals surface area contributed by atoms with Crippen LogP contribution in [-0.2, 0) is 4.79 Å². The van der Waals surface area contributed by atoms with Crippen LogP contribution in [0, 0.1) is 0 Å². The van der Waals surface area contributed by atoms with Gasteiger partial charge in [-0.05, 0) is 37.2 Å². The van der Waals surface area contributed by atoms with Crippen molar-refractivity contribution in [1.82, 2.24) is 10.2 Å². The highest BCUT2D eigenvalue weighted by molar-refractivity contribution is 7.80. The van der Waals surface area contributed by atoms with Gasteiger partial charge in [-0.15, -0.1) is 0 Å². The summed E-state index contributed by atoms with van der Waals surface area (Å²) in [5.74, 6) is 0.717. The van der Waals surface area contributed by atoms with Gasteiger partial charge in [-0.3, -0.25) is 9.69 Å². The predicted molar refractivity (Wildman–Crippen MR) is 90.4 cm³/mol. The van der Waals surface area contributed by atoms with Gasteiger partial charge in [-0.2, -0.15) is 0 Å². The van der Waals surface area contributed by atoms with Crippen molar-refractivity contribution in [3.63, 3.8) is 0 Å². The average Bonchev–Trinajstić information content (AvgIpc) is 2.83. The topological polar surface area (TPSA) is 41.6 Å². The van der Waals surface area contributed by atoms with Gasteiger partial charge >= 0.3 is 0 Å². The first-order valence-corrected chi connectivity index (χ1v) is 8.11. The highest BCUT2D eigenvalue weighted by atomic mass is 32.1. The van der Waals surface area contributed by atoms with Crippen LogP contribution in [0.25, 0.3) is 6.08 Å². The molecule has 1 heterocycles. The summed E-state index contributed by atoms with van der Waals surface area (Å²) < 4.78 is 5.33. The van der Waals surface area contributed by atoms with E-state index in [4.69, 9.17) is 17.0 Å². The third kappa shape index (κ3) is 2.86. The number of carbonyl (C=O) groups is 1. The van der Waals surface area contributed by atoms with E-state index in [0.29, 0.717) is 10.8 Å². The van der Waals surface area contributed by atoms with Crippen molar-refractivity contribution in [2.24, 2.45) is 0 Å². The van der Waals surface area contributed by atoms with Crippen LogP contribution >= 0.6 is 12.2 Å². The highest BCUT2D eigenvalue weighted by Crippen LogP contribution is 2.28. The van der Waals surface area contributed by atoms with Gasteiger partial charge in [0.25, 0.3) is 5.91 Å².